The standard InChI is InChI=1S/C17H26N2O/c1-2-15(18)13-7-9-14(10-8-13)19-11-12-20-17-6-4-3-5-16(17)19/h7-10,15-17H,2-6,11-12,18H2,1H3. The van der Waals surface area contributed by atoms with Gasteiger partial charge in [0.25, 0.3) is 0 Å². The van der Waals surface area contributed by atoms with Crippen molar-refractivity contribution in [3.05, 3.63) is 29.8 Å². The Morgan fingerprint density at radius 3 is 2.75 bits per heavy atom. The second-order valence-corrected chi connectivity index (χ2v) is 6.06. The van der Waals surface area contributed by atoms with Gasteiger partial charge in [-0.1, -0.05) is 31.9 Å². The van der Waals surface area contributed by atoms with Crippen LogP contribution in [0.4, 0.5) is 5.69 Å². The Bertz CT molecular complexity index is 429. The van der Waals surface area contributed by atoms with Crippen LogP contribution in [0.25, 0.3) is 0 Å². The second-order valence-electron chi connectivity index (χ2n) is 6.06. The lowest BCUT2D eigenvalue weighted by Gasteiger charge is -2.45. The number of rotatable bonds is 3. The molecule has 1 heterocycles. The molecule has 110 valence electrons. The summed E-state index contributed by atoms with van der Waals surface area (Å²) in [5, 5.41) is 0. The van der Waals surface area contributed by atoms with Gasteiger partial charge >= 0.3 is 0 Å². The quantitative estimate of drug-likeness (QED) is 0.919. The molecule has 1 aliphatic carbocycles. The topological polar surface area (TPSA) is 38.5 Å². The highest BCUT2D eigenvalue weighted by atomic mass is 16.5. The summed E-state index contributed by atoms with van der Waals surface area (Å²) in [6, 6.07) is 9.59. The molecule has 20 heavy (non-hydrogen) atoms. The first kappa shape index (κ1) is 13.9. The Morgan fingerprint density at radius 1 is 1.25 bits per heavy atom. The largest absolute Gasteiger partial charge is 0.374 e. The number of nitrogens with two attached hydrogens (primary N) is 1. The number of morpholine rings is 1. The molecule has 1 aromatic rings. The van der Waals surface area contributed by atoms with Crippen molar-refractivity contribution in [1.29, 1.82) is 0 Å². The van der Waals surface area contributed by atoms with Crippen LogP contribution in [0.5, 0.6) is 0 Å². The van der Waals surface area contributed by atoms with E-state index in [0.717, 1.165) is 19.6 Å². The summed E-state index contributed by atoms with van der Waals surface area (Å²) in [5.74, 6) is 0. The number of hydrogen-bond acceptors (Lipinski definition) is 3. The monoisotopic (exact) mass is 274 g/mol. The van der Waals surface area contributed by atoms with Crippen molar-refractivity contribution in [2.45, 2.75) is 57.2 Å². The molecule has 3 heteroatoms. The third-order valence-electron chi connectivity index (χ3n) is 4.82. The van der Waals surface area contributed by atoms with Gasteiger partial charge in [-0.05, 0) is 37.0 Å². The lowest BCUT2D eigenvalue weighted by molar-refractivity contribution is -0.00867. The van der Waals surface area contributed by atoms with Crippen LogP contribution in [-0.4, -0.2) is 25.3 Å². The van der Waals surface area contributed by atoms with Gasteiger partial charge in [0, 0.05) is 18.3 Å². The van der Waals surface area contributed by atoms with E-state index in [9.17, 15) is 0 Å². The van der Waals surface area contributed by atoms with Crippen molar-refractivity contribution in [3.63, 3.8) is 0 Å². The van der Waals surface area contributed by atoms with E-state index >= 15 is 0 Å². The predicted octanol–water partition coefficient (Wildman–Crippen LogP) is 3.24. The Kier molecular flexibility index (Phi) is 4.27. The fraction of sp³-hybridized carbons (Fsp3) is 0.647. The third-order valence-corrected chi connectivity index (χ3v) is 4.82. The molecule has 0 bridgehead atoms. The van der Waals surface area contributed by atoms with E-state index in [2.05, 4.69) is 36.1 Å². The fourth-order valence-corrected chi connectivity index (χ4v) is 3.57. The van der Waals surface area contributed by atoms with Crippen LogP contribution in [0, 0.1) is 0 Å². The Morgan fingerprint density at radius 2 is 2.00 bits per heavy atom. The van der Waals surface area contributed by atoms with Gasteiger partial charge in [0.15, 0.2) is 0 Å². The van der Waals surface area contributed by atoms with Crippen LogP contribution >= 0.6 is 0 Å². The average Bonchev–Trinajstić information content (AvgIpc) is 2.54. The molecule has 2 fully saturated rings. The average molecular weight is 274 g/mol. The van der Waals surface area contributed by atoms with Gasteiger partial charge < -0.3 is 15.4 Å². The maximum Gasteiger partial charge on any atom is 0.0779 e. The van der Waals surface area contributed by atoms with Crippen molar-refractivity contribution >= 4 is 5.69 Å². The Hall–Kier alpha value is -1.06. The molecule has 3 rings (SSSR count). The molecule has 3 unspecified atom stereocenters. The first-order valence-corrected chi connectivity index (χ1v) is 8.03. The van der Waals surface area contributed by atoms with E-state index in [1.165, 1.54) is 36.9 Å². The molecule has 1 aliphatic heterocycles. The van der Waals surface area contributed by atoms with E-state index in [1.807, 2.05) is 0 Å². The second kappa shape index (κ2) is 6.15. The summed E-state index contributed by atoms with van der Waals surface area (Å²) in [7, 11) is 0. The van der Waals surface area contributed by atoms with Gasteiger partial charge in [0.1, 0.15) is 0 Å². The molecule has 1 saturated heterocycles. The lowest BCUT2D eigenvalue weighted by atomic mass is 9.89. The minimum absolute atomic E-state index is 0.163. The molecule has 0 radical (unpaired) electrons. The smallest absolute Gasteiger partial charge is 0.0779 e. The van der Waals surface area contributed by atoms with Crippen LogP contribution in [0.15, 0.2) is 24.3 Å². The molecule has 0 spiro atoms. The Labute approximate surface area is 122 Å². The highest BCUT2D eigenvalue weighted by molar-refractivity contribution is 5.49. The fourth-order valence-electron chi connectivity index (χ4n) is 3.57. The van der Waals surface area contributed by atoms with Crippen LogP contribution in [0.2, 0.25) is 0 Å². The molecule has 0 amide bonds. The summed E-state index contributed by atoms with van der Waals surface area (Å²) in [6.07, 6.45) is 6.57. The zero-order valence-electron chi connectivity index (χ0n) is 12.4. The number of anilines is 1. The molecule has 3 atom stereocenters. The van der Waals surface area contributed by atoms with Crippen LogP contribution in [-0.2, 0) is 4.74 Å². The minimum atomic E-state index is 0.163. The summed E-state index contributed by atoms with van der Waals surface area (Å²) in [4.78, 5) is 2.55. The van der Waals surface area contributed by atoms with E-state index in [1.54, 1.807) is 0 Å². The number of ether oxygens (including phenoxy) is 1. The van der Waals surface area contributed by atoms with E-state index in [4.69, 9.17) is 10.5 Å². The number of hydrogen-bond donors (Lipinski definition) is 1. The van der Waals surface area contributed by atoms with Crippen LogP contribution in [0.3, 0.4) is 0 Å². The maximum atomic E-state index is 6.10. The highest BCUT2D eigenvalue weighted by Gasteiger charge is 2.34. The SMILES string of the molecule is CCC(N)c1ccc(N2CCOC3CCCCC32)cc1. The summed E-state index contributed by atoms with van der Waals surface area (Å²) >= 11 is 0. The van der Waals surface area contributed by atoms with Crippen molar-refractivity contribution < 1.29 is 4.74 Å². The van der Waals surface area contributed by atoms with Crippen LogP contribution < -0.4 is 10.6 Å². The van der Waals surface area contributed by atoms with E-state index < -0.39 is 0 Å². The van der Waals surface area contributed by atoms with Gasteiger partial charge in [0.2, 0.25) is 0 Å². The highest BCUT2D eigenvalue weighted by Crippen LogP contribution is 2.32. The van der Waals surface area contributed by atoms with Crippen molar-refractivity contribution in [1.82, 2.24) is 0 Å². The zero-order chi connectivity index (χ0) is 13.9. The molecular weight excluding hydrogens is 248 g/mol. The summed E-state index contributed by atoms with van der Waals surface area (Å²) in [6.45, 7) is 4.00. The summed E-state index contributed by atoms with van der Waals surface area (Å²) in [5.41, 5.74) is 8.67. The first-order chi connectivity index (χ1) is 9.79. The van der Waals surface area contributed by atoms with Crippen molar-refractivity contribution in [2.75, 3.05) is 18.1 Å². The van der Waals surface area contributed by atoms with Gasteiger partial charge in [0.05, 0.1) is 18.8 Å². The molecule has 3 nitrogen and oxygen atoms in total. The molecule has 1 saturated carbocycles. The molecule has 2 aliphatic rings. The first-order valence-electron chi connectivity index (χ1n) is 8.03. The predicted molar refractivity (Wildman–Crippen MR) is 83.0 cm³/mol. The van der Waals surface area contributed by atoms with Gasteiger partial charge in [-0.3, -0.25) is 0 Å². The van der Waals surface area contributed by atoms with Crippen molar-refractivity contribution in [2.24, 2.45) is 5.73 Å². The molecular formula is C17H26N2O. The third kappa shape index (κ3) is 2.70. The number of fused-ring (bicyclic) bond motifs is 1. The van der Waals surface area contributed by atoms with Crippen molar-refractivity contribution in [3.8, 4) is 0 Å². The zero-order valence-corrected chi connectivity index (χ0v) is 12.4. The van der Waals surface area contributed by atoms with Gasteiger partial charge in [-0.2, -0.15) is 0 Å². The molecule has 2 N–H and O–H groups in total. The maximum absolute atomic E-state index is 6.10. The molecule has 1 aromatic carbocycles. The van der Waals surface area contributed by atoms with Gasteiger partial charge in [-0.15, -0.1) is 0 Å². The van der Waals surface area contributed by atoms with E-state index in [-0.39, 0.29) is 6.04 Å². The van der Waals surface area contributed by atoms with E-state index in [0.29, 0.717) is 12.1 Å². The summed E-state index contributed by atoms with van der Waals surface area (Å²) < 4.78 is 5.95. The Balaban J connectivity index is 1.77. The number of nitrogens with zero attached hydrogens (tertiary/aromatic N) is 1. The number of benzene rings is 1. The normalized spacial score (nSPS) is 28.0. The molecule has 0 aromatic heterocycles. The van der Waals surface area contributed by atoms with Crippen LogP contribution in [0.1, 0.15) is 50.6 Å². The van der Waals surface area contributed by atoms with Gasteiger partial charge in [-0.25, -0.2) is 0 Å². The lowest BCUT2D eigenvalue weighted by Crippen LogP contribution is -2.52. The minimum Gasteiger partial charge on any atom is -0.374 e.